The van der Waals surface area contributed by atoms with E-state index in [0.29, 0.717) is 5.56 Å². The average Bonchev–Trinajstić information content (AvgIpc) is 3.27. The van der Waals surface area contributed by atoms with Crippen molar-refractivity contribution in [1.29, 1.82) is 5.26 Å². The molecule has 1 fully saturated rings. The summed E-state index contributed by atoms with van der Waals surface area (Å²) in [7, 11) is 0. The minimum absolute atomic E-state index is 0.687. The summed E-state index contributed by atoms with van der Waals surface area (Å²) in [6.07, 6.45) is 7.17. The van der Waals surface area contributed by atoms with Crippen LogP contribution in [-0.2, 0) is 12.8 Å². The summed E-state index contributed by atoms with van der Waals surface area (Å²) in [6, 6.07) is 5.02. The molecule has 100 valence electrons. The number of nitriles is 1. The fourth-order valence-corrected chi connectivity index (χ4v) is 2.60. The molecule has 2 N–H and O–H groups in total. The molecule has 0 saturated heterocycles. The zero-order chi connectivity index (χ0) is 13.1. The molecule has 0 amide bonds. The molecular formula is C15H20N4. The molecule has 0 aromatic carbocycles. The summed E-state index contributed by atoms with van der Waals surface area (Å²) in [6.45, 7) is 1.77. The van der Waals surface area contributed by atoms with Gasteiger partial charge in [0, 0.05) is 24.8 Å². The van der Waals surface area contributed by atoms with Gasteiger partial charge < -0.3 is 10.6 Å². The fourth-order valence-electron chi connectivity index (χ4n) is 2.60. The minimum atomic E-state index is 0.687. The highest BCUT2D eigenvalue weighted by molar-refractivity contribution is 5.54. The van der Waals surface area contributed by atoms with Crippen molar-refractivity contribution in [3.63, 3.8) is 0 Å². The first-order valence-electron chi connectivity index (χ1n) is 7.27. The third-order valence-corrected chi connectivity index (χ3v) is 3.85. The Hall–Kier alpha value is -1.60. The van der Waals surface area contributed by atoms with Crippen molar-refractivity contribution in [2.75, 3.05) is 18.4 Å². The van der Waals surface area contributed by atoms with Crippen LogP contribution in [0.2, 0.25) is 0 Å². The van der Waals surface area contributed by atoms with E-state index in [-0.39, 0.29) is 0 Å². The number of hydrogen-bond donors (Lipinski definition) is 2. The predicted molar refractivity (Wildman–Crippen MR) is 75.1 cm³/mol. The van der Waals surface area contributed by atoms with Gasteiger partial charge in [-0.25, -0.2) is 4.98 Å². The number of anilines is 1. The Kier molecular flexibility index (Phi) is 3.65. The molecule has 1 heterocycles. The van der Waals surface area contributed by atoms with Gasteiger partial charge >= 0.3 is 0 Å². The highest BCUT2D eigenvalue weighted by atomic mass is 15.0. The maximum atomic E-state index is 9.23. The van der Waals surface area contributed by atoms with Crippen LogP contribution in [0.3, 0.4) is 0 Å². The lowest BCUT2D eigenvalue weighted by atomic mass is 9.95. The van der Waals surface area contributed by atoms with Crippen LogP contribution in [0.5, 0.6) is 0 Å². The number of nitrogens with one attached hydrogen (secondary N) is 2. The predicted octanol–water partition coefficient (Wildman–Crippen LogP) is 2.00. The van der Waals surface area contributed by atoms with Crippen LogP contribution in [0.4, 0.5) is 5.82 Å². The Bertz CT molecular complexity index is 500. The largest absolute Gasteiger partial charge is 0.368 e. The third kappa shape index (κ3) is 3.05. The van der Waals surface area contributed by atoms with E-state index in [2.05, 4.69) is 21.7 Å². The van der Waals surface area contributed by atoms with Gasteiger partial charge in [-0.2, -0.15) is 5.26 Å². The number of pyridine rings is 1. The van der Waals surface area contributed by atoms with Crippen LogP contribution in [-0.4, -0.2) is 24.1 Å². The zero-order valence-corrected chi connectivity index (χ0v) is 11.2. The quantitative estimate of drug-likeness (QED) is 0.791. The molecule has 1 aromatic heterocycles. The Morgan fingerprint density at radius 3 is 2.89 bits per heavy atom. The second kappa shape index (κ2) is 5.58. The Balaban J connectivity index is 1.66. The van der Waals surface area contributed by atoms with Crippen molar-refractivity contribution >= 4 is 5.82 Å². The normalized spacial score (nSPS) is 17.6. The van der Waals surface area contributed by atoms with Crippen molar-refractivity contribution in [1.82, 2.24) is 10.3 Å². The Labute approximate surface area is 114 Å². The molecule has 1 aromatic rings. The number of aromatic nitrogens is 1. The number of hydrogen-bond acceptors (Lipinski definition) is 4. The van der Waals surface area contributed by atoms with Gasteiger partial charge in [-0.1, -0.05) is 0 Å². The van der Waals surface area contributed by atoms with E-state index >= 15 is 0 Å². The number of aryl methyl sites for hydroxylation is 2. The van der Waals surface area contributed by atoms with Crippen molar-refractivity contribution in [2.45, 2.75) is 44.6 Å². The van der Waals surface area contributed by atoms with Crippen LogP contribution in [0.1, 0.15) is 42.5 Å². The molecule has 2 aliphatic carbocycles. The van der Waals surface area contributed by atoms with E-state index in [1.807, 2.05) is 6.07 Å². The van der Waals surface area contributed by atoms with Crippen LogP contribution in [0, 0.1) is 11.3 Å². The minimum Gasteiger partial charge on any atom is -0.368 e. The summed E-state index contributed by atoms with van der Waals surface area (Å²) >= 11 is 0. The average molecular weight is 256 g/mol. The van der Waals surface area contributed by atoms with E-state index in [1.54, 1.807) is 0 Å². The first kappa shape index (κ1) is 12.4. The summed E-state index contributed by atoms with van der Waals surface area (Å²) in [5, 5.41) is 16.0. The molecule has 1 saturated carbocycles. The molecule has 4 heteroatoms. The second-order valence-electron chi connectivity index (χ2n) is 5.46. The molecule has 4 nitrogen and oxygen atoms in total. The van der Waals surface area contributed by atoms with Crippen LogP contribution in [0.15, 0.2) is 6.07 Å². The van der Waals surface area contributed by atoms with Gasteiger partial charge in [0.2, 0.25) is 0 Å². The Morgan fingerprint density at radius 2 is 2.11 bits per heavy atom. The van der Waals surface area contributed by atoms with Gasteiger partial charge in [-0.3, -0.25) is 0 Å². The number of nitrogens with zero attached hydrogens (tertiary/aromatic N) is 2. The summed E-state index contributed by atoms with van der Waals surface area (Å²) in [5.41, 5.74) is 3.14. The highest BCUT2D eigenvalue weighted by Crippen LogP contribution is 2.24. The number of rotatable bonds is 5. The van der Waals surface area contributed by atoms with Crippen LogP contribution in [0.25, 0.3) is 0 Å². The monoisotopic (exact) mass is 256 g/mol. The van der Waals surface area contributed by atoms with Gasteiger partial charge in [0.15, 0.2) is 0 Å². The number of fused-ring (bicyclic) bond motifs is 1. The molecule has 0 unspecified atom stereocenters. The standard InChI is InChI=1S/C15H20N4/c16-10-12-9-11-3-1-2-4-14(11)19-15(12)18-8-7-17-13-5-6-13/h9,13,17H,1-8H2,(H,18,19). The van der Waals surface area contributed by atoms with Gasteiger partial charge in [-0.05, 0) is 50.2 Å². The molecular weight excluding hydrogens is 236 g/mol. The van der Waals surface area contributed by atoms with Crippen LogP contribution >= 0.6 is 0 Å². The lowest BCUT2D eigenvalue weighted by molar-refractivity contribution is 0.666. The highest BCUT2D eigenvalue weighted by Gasteiger charge is 2.19. The first-order chi connectivity index (χ1) is 9.36. The van der Waals surface area contributed by atoms with E-state index in [4.69, 9.17) is 0 Å². The van der Waals surface area contributed by atoms with Gasteiger partial charge in [0.1, 0.15) is 11.9 Å². The topological polar surface area (TPSA) is 60.7 Å². The van der Waals surface area contributed by atoms with Gasteiger partial charge in [-0.15, -0.1) is 0 Å². The molecule has 0 aliphatic heterocycles. The van der Waals surface area contributed by atoms with Crippen molar-refractivity contribution in [3.05, 3.63) is 22.9 Å². The lowest BCUT2D eigenvalue weighted by Gasteiger charge is -2.17. The maximum absolute atomic E-state index is 9.23. The first-order valence-corrected chi connectivity index (χ1v) is 7.27. The maximum Gasteiger partial charge on any atom is 0.144 e. The summed E-state index contributed by atoms with van der Waals surface area (Å²) in [4.78, 5) is 4.65. The second-order valence-corrected chi connectivity index (χ2v) is 5.46. The summed E-state index contributed by atoms with van der Waals surface area (Å²) < 4.78 is 0. The SMILES string of the molecule is N#Cc1cc2c(nc1NCCNC1CC1)CCCC2. The zero-order valence-electron chi connectivity index (χ0n) is 11.2. The van der Waals surface area contributed by atoms with Gasteiger partial charge in [0.05, 0.1) is 5.56 Å². The van der Waals surface area contributed by atoms with E-state index in [1.165, 1.54) is 36.9 Å². The molecule has 0 spiro atoms. The third-order valence-electron chi connectivity index (χ3n) is 3.85. The van der Waals surface area contributed by atoms with Crippen LogP contribution < -0.4 is 10.6 Å². The molecule has 0 bridgehead atoms. The van der Waals surface area contributed by atoms with E-state index in [9.17, 15) is 5.26 Å². The smallest absolute Gasteiger partial charge is 0.144 e. The Morgan fingerprint density at radius 1 is 1.26 bits per heavy atom. The molecule has 0 radical (unpaired) electrons. The van der Waals surface area contributed by atoms with Crippen molar-refractivity contribution < 1.29 is 0 Å². The van der Waals surface area contributed by atoms with Crippen molar-refractivity contribution in [3.8, 4) is 6.07 Å². The molecule has 0 atom stereocenters. The van der Waals surface area contributed by atoms with Crippen molar-refractivity contribution in [2.24, 2.45) is 0 Å². The van der Waals surface area contributed by atoms with E-state index < -0.39 is 0 Å². The molecule has 3 rings (SSSR count). The van der Waals surface area contributed by atoms with E-state index in [0.717, 1.165) is 37.8 Å². The molecule has 2 aliphatic rings. The summed E-state index contributed by atoms with van der Waals surface area (Å²) in [5.74, 6) is 0.765. The fraction of sp³-hybridized carbons (Fsp3) is 0.600. The van der Waals surface area contributed by atoms with Gasteiger partial charge in [0.25, 0.3) is 0 Å². The molecule has 19 heavy (non-hydrogen) atoms. The lowest BCUT2D eigenvalue weighted by Crippen LogP contribution is -2.24.